The van der Waals surface area contributed by atoms with Crippen molar-refractivity contribution in [2.24, 2.45) is 0 Å². The molecule has 1 aliphatic rings. The number of hydrogen-bond donors (Lipinski definition) is 1. The topological polar surface area (TPSA) is 81.7 Å². The highest BCUT2D eigenvalue weighted by Crippen LogP contribution is 2.49. The standard InChI is InChI=1S/C23H21NO5S2/c1-3-12-29-22-16(10-7-11-18(22)28-2)17-13-20(25)24-21-19(14-30-23(17)21)31(26,27)15-8-5-4-6-9-15/h3-11,14,17H,1,12-13H2,2H3,(H,24,25). The van der Waals surface area contributed by atoms with E-state index in [2.05, 4.69) is 11.9 Å². The van der Waals surface area contributed by atoms with Crippen molar-refractivity contribution in [1.29, 1.82) is 0 Å². The lowest BCUT2D eigenvalue weighted by molar-refractivity contribution is -0.116. The molecule has 0 aliphatic carbocycles. The summed E-state index contributed by atoms with van der Waals surface area (Å²) in [5, 5.41) is 4.37. The summed E-state index contributed by atoms with van der Waals surface area (Å²) in [5.74, 6) is 0.457. The monoisotopic (exact) mass is 455 g/mol. The zero-order chi connectivity index (χ0) is 22.0. The van der Waals surface area contributed by atoms with Crippen molar-refractivity contribution in [2.75, 3.05) is 19.0 Å². The number of amides is 1. The minimum Gasteiger partial charge on any atom is -0.493 e. The second-order valence-electron chi connectivity index (χ2n) is 6.94. The van der Waals surface area contributed by atoms with Gasteiger partial charge >= 0.3 is 0 Å². The van der Waals surface area contributed by atoms with Gasteiger partial charge in [-0.05, 0) is 18.2 Å². The molecule has 1 aromatic heterocycles. The number of thiophene rings is 1. The Hall–Kier alpha value is -3.10. The number of carbonyl (C=O) groups excluding carboxylic acids is 1. The van der Waals surface area contributed by atoms with Crippen LogP contribution in [0.1, 0.15) is 22.8 Å². The number of fused-ring (bicyclic) bond motifs is 1. The fraction of sp³-hybridized carbons (Fsp3) is 0.174. The second kappa shape index (κ2) is 8.56. The summed E-state index contributed by atoms with van der Waals surface area (Å²) in [6.07, 6.45) is 1.81. The van der Waals surface area contributed by atoms with Gasteiger partial charge in [0.25, 0.3) is 0 Å². The molecule has 4 rings (SSSR count). The van der Waals surface area contributed by atoms with Gasteiger partial charge in [0.1, 0.15) is 11.5 Å². The summed E-state index contributed by atoms with van der Waals surface area (Å²) in [6, 6.07) is 13.7. The first-order valence-electron chi connectivity index (χ1n) is 9.59. The molecule has 1 atom stereocenters. The van der Waals surface area contributed by atoms with Crippen molar-refractivity contribution in [3.8, 4) is 11.5 Å². The minimum atomic E-state index is -3.78. The van der Waals surface area contributed by atoms with Gasteiger partial charge in [-0.1, -0.05) is 43.0 Å². The van der Waals surface area contributed by atoms with Crippen LogP contribution in [-0.2, 0) is 14.6 Å². The Morgan fingerprint density at radius 1 is 1.19 bits per heavy atom. The fourth-order valence-corrected chi connectivity index (χ4v) is 6.56. The summed E-state index contributed by atoms with van der Waals surface area (Å²) in [7, 11) is -2.23. The molecular weight excluding hydrogens is 434 g/mol. The molecule has 160 valence electrons. The first-order valence-corrected chi connectivity index (χ1v) is 12.0. The van der Waals surface area contributed by atoms with Gasteiger partial charge in [0, 0.05) is 28.2 Å². The molecular formula is C23H21NO5S2. The summed E-state index contributed by atoms with van der Waals surface area (Å²) >= 11 is 1.31. The average molecular weight is 456 g/mol. The van der Waals surface area contributed by atoms with Gasteiger partial charge in [0.2, 0.25) is 15.7 Å². The molecule has 6 nitrogen and oxygen atoms in total. The Labute approximate surface area is 185 Å². The van der Waals surface area contributed by atoms with Gasteiger partial charge in [0.15, 0.2) is 11.5 Å². The van der Waals surface area contributed by atoms with Gasteiger partial charge < -0.3 is 14.8 Å². The number of carbonyl (C=O) groups is 1. The number of anilines is 1. The van der Waals surface area contributed by atoms with Crippen LogP contribution in [0, 0.1) is 0 Å². The van der Waals surface area contributed by atoms with Gasteiger partial charge in [-0.2, -0.15) is 0 Å². The number of para-hydroxylation sites is 1. The lowest BCUT2D eigenvalue weighted by atomic mass is 9.89. The Morgan fingerprint density at radius 2 is 1.97 bits per heavy atom. The van der Waals surface area contributed by atoms with Gasteiger partial charge in [0.05, 0.1) is 17.7 Å². The largest absolute Gasteiger partial charge is 0.493 e. The van der Waals surface area contributed by atoms with Crippen LogP contribution >= 0.6 is 11.3 Å². The van der Waals surface area contributed by atoms with E-state index in [-0.39, 0.29) is 34.6 Å². The molecule has 2 aromatic carbocycles. The van der Waals surface area contributed by atoms with E-state index in [1.807, 2.05) is 12.1 Å². The first kappa shape index (κ1) is 21.1. The molecule has 0 fully saturated rings. The van der Waals surface area contributed by atoms with Crippen LogP contribution < -0.4 is 14.8 Å². The highest BCUT2D eigenvalue weighted by molar-refractivity contribution is 7.91. The lowest BCUT2D eigenvalue weighted by Crippen LogP contribution is -2.24. The lowest BCUT2D eigenvalue weighted by Gasteiger charge is -2.26. The SMILES string of the molecule is C=CCOc1c(OC)cccc1C1CC(=O)Nc2c(S(=O)(=O)c3ccccc3)csc21. The van der Waals surface area contributed by atoms with Crippen LogP contribution in [0.15, 0.2) is 76.4 Å². The Balaban J connectivity index is 1.85. The normalized spacial score (nSPS) is 15.6. The van der Waals surface area contributed by atoms with Crippen LogP contribution in [0.3, 0.4) is 0 Å². The summed E-state index contributed by atoms with van der Waals surface area (Å²) < 4.78 is 37.8. The summed E-state index contributed by atoms with van der Waals surface area (Å²) in [5.41, 5.74) is 1.11. The number of rotatable bonds is 7. The van der Waals surface area contributed by atoms with Crippen LogP contribution in [0.5, 0.6) is 11.5 Å². The third-order valence-electron chi connectivity index (χ3n) is 5.05. The van der Waals surface area contributed by atoms with Gasteiger partial charge in [-0.3, -0.25) is 4.79 Å². The zero-order valence-corrected chi connectivity index (χ0v) is 18.5. The van der Waals surface area contributed by atoms with Crippen LogP contribution in [0.25, 0.3) is 0 Å². The summed E-state index contributed by atoms with van der Waals surface area (Å²) in [6.45, 7) is 3.96. The van der Waals surface area contributed by atoms with Crippen molar-refractivity contribution >= 4 is 32.8 Å². The smallest absolute Gasteiger partial charge is 0.225 e. The fourth-order valence-electron chi connectivity index (χ4n) is 3.64. The molecule has 31 heavy (non-hydrogen) atoms. The van der Waals surface area contributed by atoms with Crippen molar-refractivity contribution < 1.29 is 22.7 Å². The van der Waals surface area contributed by atoms with E-state index in [0.29, 0.717) is 17.2 Å². The molecule has 0 saturated carbocycles. The molecule has 0 radical (unpaired) electrons. The average Bonchev–Trinajstić information content (AvgIpc) is 3.22. The predicted molar refractivity (Wildman–Crippen MR) is 120 cm³/mol. The minimum absolute atomic E-state index is 0.105. The van der Waals surface area contributed by atoms with E-state index < -0.39 is 9.84 Å². The number of hydrogen-bond acceptors (Lipinski definition) is 6. The molecule has 8 heteroatoms. The van der Waals surface area contributed by atoms with Crippen molar-refractivity contribution in [2.45, 2.75) is 22.1 Å². The van der Waals surface area contributed by atoms with Gasteiger partial charge in [-0.15, -0.1) is 11.3 Å². The molecule has 3 aromatic rings. The van der Waals surface area contributed by atoms with Gasteiger partial charge in [-0.25, -0.2) is 8.42 Å². The Bertz CT molecular complexity index is 1230. The zero-order valence-electron chi connectivity index (χ0n) is 16.8. The third-order valence-corrected chi connectivity index (χ3v) is 8.09. The molecule has 1 N–H and O–H groups in total. The van der Waals surface area contributed by atoms with E-state index in [0.717, 1.165) is 10.4 Å². The van der Waals surface area contributed by atoms with Crippen LogP contribution in [0.2, 0.25) is 0 Å². The first-order chi connectivity index (χ1) is 15.0. The molecule has 1 amide bonds. The summed E-state index contributed by atoms with van der Waals surface area (Å²) in [4.78, 5) is 13.7. The number of nitrogens with one attached hydrogen (secondary N) is 1. The van der Waals surface area contributed by atoms with Crippen molar-refractivity contribution in [1.82, 2.24) is 0 Å². The Kier molecular flexibility index (Phi) is 5.84. The molecule has 0 spiro atoms. The maximum atomic E-state index is 13.2. The molecule has 0 bridgehead atoms. The number of ether oxygens (including phenoxy) is 2. The number of sulfone groups is 1. The molecule has 1 unspecified atom stereocenters. The molecule has 2 heterocycles. The van der Waals surface area contributed by atoms with Crippen molar-refractivity contribution in [3.05, 3.63) is 77.0 Å². The van der Waals surface area contributed by atoms with Crippen molar-refractivity contribution in [3.63, 3.8) is 0 Å². The van der Waals surface area contributed by atoms with Crippen LogP contribution in [-0.4, -0.2) is 28.0 Å². The molecule has 1 aliphatic heterocycles. The quantitative estimate of drug-likeness (QED) is 0.526. The highest BCUT2D eigenvalue weighted by Gasteiger charge is 2.36. The number of methoxy groups -OCH3 is 1. The van der Waals surface area contributed by atoms with E-state index in [9.17, 15) is 13.2 Å². The maximum absolute atomic E-state index is 13.2. The van der Waals surface area contributed by atoms with E-state index >= 15 is 0 Å². The second-order valence-corrected chi connectivity index (χ2v) is 9.77. The van der Waals surface area contributed by atoms with E-state index in [4.69, 9.17) is 9.47 Å². The van der Waals surface area contributed by atoms with E-state index in [1.54, 1.807) is 55.0 Å². The third kappa shape index (κ3) is 3.84. The Morgan fingerprint density at radius 3 is 2.68 bits per heavy atom. The molecule has 0 saturated heterocycles. The predicted octanol–water partition coefficient (Wildman–Crippen LogP) is 4.63. The van der Waals surface area contributed by atoms with Crippen LogP contribution in [0.4, 0.5) is 5.69 Å². The highest BCUT2D eigenvalue weighted by atomic mass is 32.2. The van der Waals surface area contributed by atoms with E-state index in [1.165, 1.54) is 11.3 Å². The maximum Gasteiger partial charge on any atom is 0.225 e. The number of benzene rings is 2.